The molecule has 2 nitrogen and oxygen atoms in total. The highest BCUT2D eigenvalue weighted by molar-refractivity contribution is 9.10. The van der Waals surface area contributed by atoms with Crippen LogP contribution in [0.25, 0.3) is 0 Å². The number of esters is 1. The van der Waals surface area contributed by atoms with Gasteiger partial charge in [-0.2, -0.15) is 0 Å². The number of benzene rings is 1. The summed E-state index contributed by atoms with van der Waals surface area (Å²) in [7, 11) is 0. The van der Waals surface area contributed by atoms with E-state index in [2.05, 4.69) is 15.9 Å². The van der Waals surface area contributed by atoms with Crippen molar-refractivity contribution in [2.45, 2.75) is 33.1 Å². The fourth-order valence-electron chi connectivity index (χ4n) is 1.69. The van der Waals surface area contributed by atoms with E-state index in [1.54, 1.807) is 26.0 Å². The van der Waals surface area contributed by atoms with Crippen LogP contribution in [0.15, 0.2) is 16.6 Å². The van der Waals surface area contributed by atoms with Gasteiger partial charge in [0.15, 0.2) is 0 Å². The molecular weight excluding hydrogens is 287 g/mol. The highest BCUT2D eigenvalue weighted by Gasteiger charge is 2.17. The molecule has 1 atom stereocenters. The summed E-state index contributed by atoms with van der Waals surface area (Å²) in [6.07, 6.45) is 0.195. The molecular formula is C13H16BrFO2. The molecule has 0 saturated carbocycles. The van der Waals surface area contributed by atoms with Crippen LogP contribution in [0.5, 0.6) is 0 Å². The minimum absolute atomic E-state index is 0.190. The van der Waals surface area contributed by atoms with Crippen molar-refractivity contribution in [3.8, 4) is 0 Å². The average Bonchev–Trinajstić information content (AvgIpc) is 2.23. The lowest BCUT2D eigenvalue weighted by atomic mass is 9.95. The predicted octanol–water partition coefficient (Wildman–Crippen LogP) is 3.95. The van der Waals surface area contributed by atoms with Crippen LogP contribution in [-0.4, -0.2) is 12.6 Å². The summed E-state index contributed by atoms with van der Waals surface area (Å²) in [5, 5.41) is 0. The topological polar surface area (TPSA) is 26.3 Å². The lowest BCUT2D eigenvalue weighted by Gasteiger charge is -2.14. The van der Waals surface area contributed by atoms with E-state index in [9.17, 15) is 9.18 Å². The zero-order valence-electron chi connectivity index (χ0n) is 10.2. The van der Waals surface area contributed by atoms with Crippen molar-refractivity contribution in [1.82, 2.24) is 0 Å². The number of carbonyl (C=O) groups is 1. The molecule has 0 saturated heterocycles. The lowest BCUT2D eigenvalue weighted by Crippen LogP contribution is -2.10. The Kier molecular flexibility index (Phi) is 5.12. The molecule has 0 aromatic heterocycles. The minimum Gasteiger partial charge on any atom is -0.466 e. The van der Waals surface area contributed by atoms with E-state index in [1.807, 2.05) is 6.92 Å². The van der Waals surface area contributed by atoms with Gasteiger partial charge in [0, 0.05) is 4.47 Å². The quantitative estimate of drug-likeness (QED) is 0.787. The van der Waals surface area contributed by atoms with Crippen LogP contribution in [0.2, 0.25) is 0 Å². The van der Waals surface area contributed by atoms with Crippen LogP contribution in [0, 0.1) is 12.7 Å². The smallest absolute Gasteiger partial charge is 0.306 e. The number of aryl methyl sites for hydroxylation is 1. The maximum Gasteiger partial charge on any atom is 0.306 e. The van der Waals surface area contributed by atoms with Crippen LogP contribution < -0.4 is 0 Å². The molecule has 1 aromatic rings. The second-order valence-corrected chi connectivity index (χ2v) is 4.95. The van der Waals surface area contributed by atoms with Gasteiger partial charge in [-0.3, -0.25) is 4.79 Å². The largest absolute Gasteiger partial charge is 0.466 e. The van der Waals surface area contributed by atoms with Crippen molar-refractivity contribution in [2.75, 3.05) is 6.61 Å². The fourth-order valence-corrected chi connectivity index (χ4v) is 2.28. The Labute approximate surface area is 109 Å². The molecule has 0 aliphatic heterocycles. The number of rotatable bonds is 4. The number of carbonyl (C=O) groups excluding carboxylic acids is 1. The summed E-state index contributed by atoms with van der Waals surface area (Å²) in [5.41, 5.74) is 1.12. The third-order valence-electron chi connectivity index (χ3n) is 2.56. The third kappa shape index (κ3) is 3.80. The molecule has 1 rings (SSSR count). The number of halogens is 2. The van der Waals surface area contributed by atoms with Gasteiger partial charge in [-0.15, -0.1) is 0 Å². The van der Waals surface area contributed by atoms with E-state index in [4.69, 9.17) is 4.74 Å². The monoisotopic (exact) mass is 302 g/mol. The van der Waals surface area contributed by atoms with E-state index in [0.29, 0.717) is 17.7 Å². The molecule has 0 heterocycles. The molecule has 17 heavy (non-hydrogen) atoms. The minimum atomic E-state index is -0.294. The Bertz CT molecular complexity index is 418. The Hall–Kier alpha value is -0.900. The number of hydrogen-bond donors (Lipinski definition) is 0. The molecule has 0 bridgehead atoms. The molecule has 0 aliphatic carbocycles. The van der Waals surface area contributed by atoms with E-state index >= 15 is 0 Å². The predicted molar refractivity (Wildman–Crippen MR) is 68.5 cm³/mol. The van der Waals surface area contributed by atoms with Crippen LogP contribution in [0.1, 0.15) is 37.3 Å². The van der Waals surface area contributed by atoms with E-state index in [1.165, 1.54) is 0 Å². The summed E-state index contributed by atoms with van der Waals surface area (Å²) in [6, 6.07) is 3.43. The lowest BCUT2D eigenvalue weighted by molar-refractivity contribution is -0.143. The van der Waals surface area contributed by atoms with Crippen molar-refractivity contribution in [3.63, 3.8) is 0 Å². The zero-order chi connectivity index (χ0) is 13.0. The highest BCUT2D eigenvalue weighted by Crippen LogP contribution is 2.28. The maximum absolute atomic E-state index is 13.9. The standard InChI is InChI=1S/C13H16BrFO2/c1-4-17-12(16)6-8(2)11-7-10(14)5-9(3)13(11)15/h5,7-8H,4,6H2,1-3H3/t8-/m0/s1. The van der Waals surface area contributed by atoms with Gasteiger partial charge in [-0.25, -0.2) is 4.39 Å². The van der Waals surface area contributed by atoms with Crippen LogP contribution in [0.3, 0.4) is 0 Å². The highest BCUT2D eigenvalue weighted by atomic mass is 79.9. The second-order valence-electron chi connectivity index (χ2n) is 4.04. The van der Waals surface area contributed by atoms with Crippen LogP contribution >= 0.6 is 15.9 Å². The molecule has 0 N–H and O–H groups in total. The van der Waals surface area contributed by atoms with Crippen molar-refractivity contribution in [2.24, 2.45) is 0 Å². The van der Waals surface area contributed by atoms with Gasteiger partial charge < -0.3 is 4.74 Å². The van der Waals surface area contributed by atoms with E-state index in [-0.39, 0.29) is 24.1 Å². The summed E-state index contributed by atoms with van der Waals surface area (Å²) in [5.74, 6) is -0.729. The van der Waals surface area contributed by atoms with Crippen LogP contribution in [0.4, 0.5) is 4.39 Å². The molecule has 0 fully saturated rings. The van der Waals surface area contributed by atoms with Gasteiger partial charge in [-0.1, -0.05) is 22.9 Å². The zero-order valence-corrected chi connectivity index (χ0v) is 11.8. The fraction of sp³-hybridized carbons (Fsp3) is 0.462. The summed E-state index contributed by atoms with van der Waals surface area (Å²) >= 11 is 3.33. The molecule has 4 heteroatoms. The molecule has 0 radical (unpaired) electrons. The normalized spacial score (nSPS) is 12.3. The van der Waals surface area contributed by atoms with Crippen molar-refractivity contribution >= 4 is 21.9 Å². The first-order valence-electron chi connectivity index (χ1n) is 5.56. The summed E-state index contributed by atoms with van der Waals surface area (Å²) in [4.78, 5) is 11.4. The Morgan fingerprint density at radius 3 is 2.76 bits per heavy atom. The van der Waals surface area contributed by atoms with Gasteiger partial charge in [0.1, 0.15) is 5.82 Å². The SMILES string of the molecule is CCOC(=O)C[C@H](C)c1cc(Br)cc(C)c1F. The average molecular weight is 303 g/mol. The second kappa shape index (κ2) is 6.15. The summed E-state index contributed by atoms with van der Waals surface area (Å²) < 4.78 is 19.6. The van der Waals surface area contributed by atoms with Gasteiger partial charge in [0.25, 0.3) is 0 Å². The first-order chi connectivity index (χ1) is 7.95. The van der Waals surface area contributed by atoms with Gasteiger partial charge in [0.2, 0.25) is 0 Å². The van der Waals surface area contributed by atoms with Crippen LogP contribution in [-0.2, 0) is 9.53 Å². The van der Waals surface area contributed by atoms with E-state index in [0.717, 1.165) is 4.47 Å². The van der Waals surface area contributed by atoms with Crippen molar-refractivity contribution < 1.29 is 13.9 Å². The Balaban J connectivity index is 2.88. The molecule has 0 aliphatic rings. The van der Waals surface area contributed by atoms with Gasteiger partial charge in [-0.05, 0) is 43.0 Å². The van der Waals surface area contributed by atoms with Gasteiger partial charge >= 0.3 is 5.97 Å². The summed E-state index contributed by atoms with van der Waals surface area (Å²) in [6.45, 7) is 5.64. The molecule has 0 amide bonds. The first-order valence-corrected chi connectivity index (χ1v) is 6.36. The molecule has 1 aromatic carbocycles. The Morgan fingerprint density at radius 2 is 2.18 bits per heavy atom. The third-order valence-corrected chi connectivity index (χ3v) is 3.01. The van der Waals surface area contributed by atoms with Crippen molar-refractivity contribution in [1.29, 1.82) is 0 Å². The Morgan fingerprint density at radius 1 is 1.53 bits per heavy atom. The maximum atomic E-state index is 13.9. The van der Waals surface area contributed by atoms with E-state index < -0.39 is 0 Å². The number of hydrogen-bond acceptors (Lipinski definition) is 2. The molecule has 94 valence electrons. The molecule has 0 spiro atoms. The van der Waals surface area contributed by atoms with Crippen molar-refractivity contribution in [3.05, 3.63) is 33.5 Å². The van der Waals surface area contributed by atoms with Gasteiger partial charge in [0.05, 0.1) is 13.0 Å². The molecule has 0 unspecified atom stereocenters. The number of ether oxygens (including phenoxy) is 1. The first kappa shape index (κ1) is 14.2.